The molecule has 1 fully saturated rings. The van der Waals surface area contributed by atoms with Crippen LogP contribution in [0.1, 0.15) is 29.8 Å². The maximum absolute atomic E-state index is 13.0. The van der Waals surface area contributed by atoms with E-state index in [0.717, 1.165) is 18.5 Å². The number of methoxy groups -OCH3 is 2. The standard InChI is InChI=1S/C23H24N4O4/c1-30-19-12-11-16(14-18(19)26-13-7-6-10-21(26)28)24-23(29)22-20(31-2)15-27(25-22)17-8-4-3-5-9-17/h3-5,8-9,11-12,14-15H,6-7,10,13H2,1-2H3,(H,24,29). The van der Waals surface area contributed by atoms with Crippen LogP contribution in [0, 0.1) is 0 Å². The molecule has 8 nitrogen and oxygen atoms in total. The molecule has 0 unspecified atom stereocenters. The minimum absolute atomic E-state index is 0.0521. The fourth-order valence-electron chi connectivity index (χ4n) is 3.61. The number of aromatic nitrogens is 2. The largest absolute Gasteiger partial charge is 0.495 e. The monoisotopic (exact) mass is 420 g/mol. The first-order chi connectivity index (χ1) is 15.1. The molecule has 4 rings (SSSR count). The fraction of sp³-hybridized carbons (Fsp3) is 0.261. The van der Waals surface area contributed by atoms with E-state index in [0.29, 0.717) is 35.8 Å². The summed E-state index contributed by atoms with van der Waals surface area (Å²) in [6, 6.07) is 14.7. The topological polar surface area (TPSA) is 85.7 Å². The molecule has 0 saturated carbocycles. The number of piperidine rings is 1. The second-order valence-corrected chi connectivity index (χ2v) is 7.17. The molecule has 1 aliphatic rings. The van der Waals surface area contributed by atoms with E-state index in [1.807, 2.05) is 30.3 Å². The molecule has 1 saturated heterocycles. The SMILES string of the molecule is COc1ccc(NC(=O)c2nn(-c3ccccc3)cc2OC)cc1N1CCCCC1=O. The highest BCUT2D eigenvalue weighted by atomic mass is 16.5. The van der Waals surface area contributed by atoms with Crippen LogP contribution in [0.3, 0.4) is 0 Å². The van der Waals surface area contributed by atoms with Crippen molar-refractivity contribution in [2.24, 2.45) is 0 Å². The normalized spacial score (nSPS) is 13.7. The molecule has 0 spiro atoms. The van der Waals surface area contributed by atoms with Gasteiger partial charge in [0.25, 0.3) is 5.91 Å². The second-order valence-electron chi connectivity index (χ2n) is 7.17. The lowest BCUT2D eigenvalue weighted by Crippen LogP contribution is -2.35. The van der Waals surface area contributed by atoms with E-state index in [9.17, 15) is 9.59 Å². The van der Waals surface area contributed by atoms with Gasteiger partial charge in [0.1, 0.15) is 5.75 Å². The van der Waals surface area contributed by atoms with Gasteiger partial charge < -0.3 is 19.7 Å². The molecule has 0 bridgehead atoms. The summed E-state index contributed by atoms with van der Waals surface area (Å²) in [5.41, 5.74) is 2.16. The Balaban J connectivity index is 1.61. The van der Waals surface area contributed by atoms with Crippen molar-refractivity contribution in [1.82, 2.24) is 9.78 Å². The summed E-state index contributed by atoms with van der Waals surface area (Å²) in [5, 5.41) is 7.25. The summed E-state index contributed by atoms with van der Waals surface area (Å²) < 4.78 is 12.4. The summed E-state index contributed by atoms with van der Waals surface area (Å²) in [5.74, 6) is 0.587. The highest BCUT2D eigenvalue weighted by Crippen LogP contribution is 2.34. The number of ether oxygens (including phenoxy) is 2. The van der Waals surface area contributed by atoms with Gasteiger partial charge >= 0.3 is 0 Å². The number of rotatable bonds is 6. The summed E-state index contributed by atoms with van der Waals surface area (Å²) in [6.07, 6.45) is 3.99. The fourth-order valence-corrected chi connectivity index (χ4v) is 3.61. The number of anilines is 2. The molecular formula is C23H24N4O4. The third kappa shape index (κ3) is 4.23. The minimum Gasteiger partial charge on any atom is -0.495 e. The summed E-state index contributed by atoms with van der Waals surface area (Å²) >= 11 is 0. The average molecular weight is 420 g/mol. The van der Waals surface area contributed by atoms with Crippen LogP contribution in [0.2, 0.25) is 0 Å². The molecule has 31 heavy (non-hydrogen) atoms. The van der Waals surface area contributed by atoms with Gasteiger partial charge in [-0.05, 0) is 43.2 Å². The van der Waals surface area contributed by atoms with Crippen molar-refractivity contribution in [2.45, 2.75) is 19.3 Å². The molecular weight excluding hydrogens is 396 g/mol. The molecule has 1 aliphatic heterocycles. The van der Waals surface area contributed by atoms with Crippen LogP contribution >= 0.6 is 0 Å². The third-order valence-electron chi connectivity index (χ3n) is 5.19. The van der Waals surface area contributed by atoms with Gasteiger partial charge in [-0.2, -0.15) is 5.10 Å². The van der Waals surface area contributed by atoms with Gasteiger partial charge in [0.2, 0.25) is 5.91 Å². The molecule has 8 heteroatoms. The van der Waals surface area contributed by atoms with E-state index < -0.39 is 5.91 Å². The van der Waals surface area contributed by atoms with Crippen molar-refractivity contribution >= 4 is 23.2 Å². The number of nitrogens with zero attached hydrogens (tertiary/aromatic N) is 3. The van der Waals surface area contributed by atoms with Crippen molar-refractivity contribution in [3.8, 4) is 17.2 Å². The van der Waals surface area contributed by atoms with E-state index in [1.54, 1.807) is 41.1 Å². The zero-order chi connectivity index (χ0) is 21.8. The Morgan fingerprint density at radius 1 is 1.03 bits per heavy atom. The predicted octanol–water partition coefficient (Wildman–Crippen LogP) is 3.66. The van der Waals surface area contributed by atoms with Crippen molar-refractivity contribution in [2.75, 3.05) is 31.0 Å². The Hall–Kier alpha value is -3.81. The lowest BCUT2D eigenvalue weighted by atomic mass is 10.1. The molecule has 0 aliphatic carbocycles. The van der Waals surface area contributed by atoms with Crippen LogP contribution in [0.25, 0.3) is 5.69 Å². The molecule has 0 atom stereocenters. The first-order valence-corrected chi connectivity index (χ1v) is 10.1. The Bertz CT molecular complexity index is 1090. The van der Waals surface area contributed by atoms with E-state index in [-0.39, 0.29) is 11.6 Å². The summed E-state index contributed by atoms with van der Waals surface area (Å²) in [6.45, 7) is 0.627. The Morgan fingerprint density at radius 3 is 2.52 bits per heavy atom. The Kier molecular flexibility index (Phi) is 5.88. The van der Waals surface area contributed by atoms with Gasteiger partial charge in [-0.25, -0.2) is 4.68 Å². The van der Waals surface area contributed by atoms with Crippen LogP contribution in [0.5, 0.6) is 11.5 Å². The quantitative estimate of drug-likeness (QED) is 0.658. The molecule has 160 valence electrons. The number of carbonyl (C=O) groups excluding carboxylic acids is 2. The zero-order valence-electron chi connectivity index (χ0n) is 17.5. The van der Waals surface area contributed by atoms with Crippen LogP contribution in [0.15, 0.2) is 54.7 Å². The summed E-state index contributed by atoms with van der Waals surface area (Å²) in [4.78, 5) is 27.1. The van der Waals surface area contributed by atoms with Crippen molar-refractivity contribution in [3.05, 3.63) is 60.4 Å². The third-order valence-corrected chi connectivity index (χ3v) is 5.19. The van der Waals surface area contributed by atoms with Crippen molar-refractivity contribution < 1.29 is 19.1 Å². The highest BCUT2D eigenvalue weighted by Gasteiger charge is 2.24. The van der Waals surface area contributed by atoms with E-state index >= 15 is 0 Å². The van der Waals surface area contributed by atoms with Gasteiger partial charge in [-0.1, -0.05) is 18.2 Å². The number of hydrogen-bond acceptors (Lipinski definition) is 5. The number of hydrogen-bond donors (Lipinski definition) is 1. The molecule has 3 aromatic rings. The molecule has 1 N–H and O–H groups in total. The second kappa shape index (κ2) is 8.91. The minimum atomic E-state index is -0.410. The molecule has 2 aromatic carbocycles. The molecule has 2 amide bonds. The summed E-state index contributed by atoms with van der Waals surface area (Å²) in [7, 11) is 3.06. The van der Waals surface area contributed by atoms with Gasteiger partial charge in [-0.3, -0.25) is 9.59 Å². The number of para-hydroxylation sites is 1. The van der Waals surface area contributed by atoms with Gasteiger partial charge in [0.05, 0.1) is 31.8 Å². The van der Waals surface area contributed by atoms with Crippen LogP contribution < -0.4 is 19.7 Å². The maximum atomic E-state index is 13.0. The molecule has 1 aromatic heterocycles. The first kappa shape index (κ1) is 20.5. The van der Waals surface area contributed by atoms with Gasteiger partial charge in [-0.15, -0.1) is 0 Å². The number of amides is 2. The van der Waals surface area contributed by atoms with Crippen molar-refractivity contribution in [3.63, 3.8) is 0 Å². The lowest BCUT2D eigenvalue weighted by molar-refractivity contribution is -0.119. The van der Waals surface area contributed by atoms with Crippen LogP contribution in [-0.4, -0.2) is 42.4 Å². The lowest BCUT2D eigenvalue weighted by Gasteiger charge is -2.28. The maximum Gasteiger partial charge on any atom is 0.280 e. The predicted molar refractivity (Wildman–Crippen MR) is 117 cm³/mol. The van der Waals surface area contributed by atoms with E-state index in [4.69, 9.17) is 9.47 Å². The number of carbonyl (C=O) groups is 2. The van der Waals surface area contributed by atoms with Gasteiger partial charge in [0.15, 0.2) is 11.4 Å². The Morgan fingerprint density at radius 2 is 1.81 bits per heavy atom. The first-order valence-electron chi connectivity index (χ1n) is 10.1. The molecule has 2 heterocycles. The zero-order valence-corrected chi connectivity index (χ0v) is 17.5. The smallest absolute Gasteiger partial charge is 0.280 e. The number of benzene rings is 2. The van der Waals surface area contributed by atoms with Crippen LogP contribution in [0.4, 0.5) is 11.4 Å². The number of nitrogens with one attached hydrogen (secondary N) is 1. The average Bonchev–Trinajstić information content (AvgIpc) is 3.25. The molecule has 0 radical (unpaired) electrons. The Labute approximate surface area is 180 Å². The van der Waals surface area contributed by atoms with Crippen LogP contribution in [-0.2, 0) is 4.79 Å². The van der Waals surface area contributed by atoms with Crippen molar-refractivity contribution in [1.29, 1.82) is 0 Å². The highest BCUT2D eigenvalue weighted by molar-refractivity contribution is 6.05. The van der Waals surface area contributed by atoms with E-state index in [2.05, 4.69) is 10.4 Å². The van der Waals surface area contributed by atoms with Gasteiger partial charge in [0, 0.05) is 18.7 Å². The van der Waals surface area contributed by atoms with E-state index in [1.165, 1.54) is 7.11 Å².